The summed E-state index contributed by atoms with van der Waals surface area (Å²) in [6.07, 6.45) is 7.74. The van der Waals surface area contributed by atoms with Gasteiger partial charge in [-0.1, -0.05) is 41.0 Å². The molecule has 1 aliphatic rings. The molecule has 0 amide bonds. The van der Waals surface area contributed by atoms with E-state index in [9.17, 15) is 15.0 Å². The highest BCUT2D eigenvalue weighted by atomic mass is 16.7. The lowest BCUT2D eigenvalue weighted by atomic mass is 10.0. The number of aliphatic hydroxyl groups is 2. The second-order valence-electron chi connectivity index (χ2n) is 8.39. The molecule has 0 saturated carbocycles. The third-order valence-corrected chi connectivity index (χ3v) is 5.24. The van der Waals surface area contributed by atoms with Crippen LogP contribution in [0.3, 0.4) is 0 Å². The molecule has 0 aliphatic carbocycles. The number of ether oxygens (including phenoxy) is 3. The second kappa shape index (κ2) is 14.4. The Hall–Kier alpha value is -1.73. The van der Waals surface area contributed by atoms with E-state index in [-0.39, 0.29) is 13.2 Å². The molecule has 1 fully saturated rings. The van der Waals surface area contributed by atoms with Crippen LogP contribution in [0.25, 0.3) is 0 Å². The molecule has 1 saturated heterocycles. The predicted octanol–water partition coefficient (Wildman–Crippen LogP) is 4.38. The molecule has 6 heteroatoms. The summed E-state index contributed by atoms with van der Waals surface area (Å²) in [5.74, 6) is -0.578. The smallest absolute Gasteiger partial charge is 0.333 e. The molecule has 176 valence electrons. The Kier molecular flexibility index (Phi) is 12.6. The number of allylic oxidation sites excluding steroid dienone is 6. The Balaban J connectivity index is 2.46. The van der Waals surface area contributed by atoms with E-state index in [2.05, 4.69) is 32.9 Å². The molecular weight excluding hydrogens is 396 g/mol. The monoisotopic (exact) mass is 436 g/mol. The van der Waals surface area contributed by atoms with Gasteiger partial charge >= 0.3 is 5.97 Å². The van der Waals surface area contributed by atoms with Gasteiger partial charge in [0.25, 0.3) is 0 Å². The fourth-order valence-corrected chi connectivity index (χ4v) is 3.02. The summed E-state index contributed by atoms with van der Waals surface area (Å²) >= 11 is 0. The highest BCUT2D eigenvalue weighted by Gasteiger charge is 2.42. The van der Waals surface area contributed by atoms with Crippen molar-refractivity contribution in [1.82, 2.24) is 0 Å². The van der Waals surface area contributed by atoms with Crippen molar-refractivity contribution in [3.63, 3.8) is 0 Å². The van der Waals surface area contributed by atoms with Gasteiger partial charge in [0, 0.05) is 5.57 Å². The zero-order valence-corrected chi connectivity index (χ0v) is 19.9. The summed E-state index contributed by atoms with van der Waals surface area (Å²) in [5, 5.41) is 20.5. The summed E-state index contributed by atoms with van der Waals surface area (Å²) in [5.41, 5.74) is 4.34. The van der Waals surface area contributed by atoms with E-state index in [1.54, 1.807) is 19.9 Å². The maximum atomic E-state index is 12.0. The Morgan fingerprint density at radius 2 is 1.61 bits per heavy atom. The van der Waals surface area contributed by atoms with Gasteiger partial charge in [0.15, 0.2) is 12.4 Å². The van der Waals surface area contributed by atoms with Crippen LogP contribution in [0.4, 0.5) is 0 Å². The van der Waals surface area contributed by atoms with E-state index in [0.29, 0.717) is 5.57 Å². The molecule has 0 aromatic rings. The average molecular weight is 437 g/mol. The molecule has 6 nitrogen and oxygen atoms in total. The number of carbonyl (C=O) groups is 1. The average Bonchev–Trinajstić information content (AvgIpc) is 2.71. The minimum Gasteiger partial charge on any atom is -0.453 e. The third-order valence-electron chi connectivity index (χ3n) is 5.24. The number of carbonyl (C=O) groups excluding carboxylic acids is 1. The van der Waals surface area contributed by atoms with E-state index < -0.39 is 30.6 Å². The summed E-state index contributed by atoms with van der Waals surface area (Å²) in [6.45, 7) is 12.0. The molecule has 1 aliphatic heterocycles. The van der Waals surface area contributed by atoms with Gasteiger partial charge in [-0.05, 0) is 67.2 Å². The van der Waals surface area contributed by atoms with E-state index in [0.717, 1.165) is 25.7 Å². The molecule has 4 atom stereocenters. The number of hydrogen-bond donors (Lipinski definition) is 2. The topological polar surface area (TPSA) is 85.2 Å². The van der Waals surface area contributed by atoms with E-state index in [1.165, 1.54) is 16.7 Å². The van der Waals surface area contributed by atoms with Crippen molar-refractivity contribution in [3.05, 3.63) is 46.6 Å². The first-order chi connectivity index (χ1) is 14.6. The van der Waals surface area contributed by atoms with Crippen LogP contribution in [0.1, 0.15) is 67.2 Å². The van der Waals surface area contributed by atoms with Crippen LogP contribution in [0, 0.1) is 0 Å². The van der Waals surface area contributed by atoms with Gasteiger partial charge in [-0.2, -0.15) is 0 Å². The summed E-state index contributed by atoms with van der Waals surface area (Å²) < 4.78 is 16.3. The zero-order chi connectivity index (χ0) is 23.4. The molecule has 0 spiro atoms. The Morgan fingerprint density at radius 3 is 2.23 bits per heavy atom. The quantitative estimate of drug-likeness (QED) is 0.284. The minimum absolute atomic E-state index is 0.0753. The first kappa shape index (κ1) is 27.3. The van der Waals surface area contributed by atoms with Crippen LogP contribution >= 0.6 is 0 Å². The number of rotatable bonds is 11. The normalized spacial score (nSPS) is 25.4. The summed E-state index contributed by atoms with van der Waals surface area (Å²) in [7, 11) is 0. The lowest BCUT2D eigenvalue weighted by Crippen LogP contribution is -2.55. The molecule has 0 radical (unpaired) electrons. The van der Waals surface area contributed by atoms with E-state index >= 15 is 0 Å². The largest absolute Gasteiger partial charge is 0.453 e. The number of aliphatic hydroxyl groups excluding tert-OH is 2. The maximum absolute atomic E-state index is 12.0. The summed E-state index contributed by atoms with van der Waals surface area (Å²) in [4.78, 5) is 12.0. The van der Waals surface area contributed by atoms with Gasteiger partial charge < -0.3 is 24.4 Å². The fraction of sp³-hybridized carbons (Fsp3) is 0.640. The molecular formula is C25H40O6. The molecule has 2 N–H and O–H groups in total. The van der Waals surface area contributed by atoms with Gasteiger partial charge in [0.2, 0.25) is 0 Å². The van der Waals surface area contributed by atoms with Gasteiger partial charge in [-0.15, -0.1) is 0 Å². The first-order valence-corrected chi connectivity index (χ1v) is 11.0. The van der Waals surface area contributed by atoms with Crippen molar-refractivity contribution in [2.45, 2.75) is 91.8 Å². The molecule has 0 bridgehead atoms. The number of esters is 1. The Morgan fingerprint density at radius 1 is 1.00 bits per heavy atom. The van der Waals surface area contributed by atoms with Crippen molar-refractivity contribution < 1.29 is 29.2 Å². The summed E-state index contributed by atoms with van der Waals surface area (Å²) in [6, 6.07) is 0. The molecule has 31 heavy (non-hydrogen) atoms. The van der Waals surface area contributed by atoms with E-state index in [4.69, 9.17) is 14.2 Å². The first-order valence-electron chi connectivity index (χ1n) is 11.0. The SMILES string of the molecule is C/C=C(/C)C(=O)O[C@@H]1[C@@H](O)[C@H](OC/C=C(\C)CC/C=C(\C)CCC=C(C)C)OC[C@H]1O. The fourth-order valence-electron chi connectivity index (χ4n) is 3.02. The van der Waals surface area contributed by atoms with Crippen molar-refractivity contribution in [1.29, 1.82) is 0 Å². The highest BCUT2D eigenvalue weighted by molar-refractivity contribution is 5.87. The number of hydrogen-bond acceptors (Lipinski definition) is 6. The van der Waals surface area contributed by atoms with Gasteiger partial charge in [-0.3, -0.25) is 0 Å². The van der Waals surface area contributed by atoms with Crippen molar-refractivity contribution >= 4 is 5.97 Å². The van der Waals surface area contributed by atoms with Gasteiger partial charge in [0.1, 0.15) is 12.2 Å². The molecule has 1 heterocycles. The van der Waals surface area contributed by atoms with Crippen molar-refractivity contribution in [2.75, 3.05) is 13.2 Å². The van der Waals surface area contributed by atoms with Crippen LogP contribution < -0.4 is 0 Å². The van der Waals surface area contributed by atoms with Crippen LogP contribution in [0.5, 0.6) is 0 Å². The molecule has 0 aromatic heterocycles. The van der Waals surface area contributed by atoms with E-state index in [1.807, 2.05) is 13.0 Å². The Labute approximate surface area is 187 Å². The minimum atomic E-state index is -1.27. The van der Waals surface area contributed by atoms with Gasteiger partial charge in [0.05, 0.1) is 13.2 Å². The molecule has 0 aromatic carbocycles. The molecule has 1 rings (SSSR count). The highest BCUT2D eigenvalue weighted by Crippen LogP contribution is 2.21. The van der Waals surface area contributed by atoms with Crippen LogP contribution in [-0.4, -0.2) is 54.0 Å². The van der Waals surface area contributed by atoms with Crippen LogP contribution in [0.15, 0.2) is 46.6 Å². The maximum Gasteiger partial charge on any atom is 0.333 e. The third kappa shape index (κ3) is 10.4. The predicted molar refractivity (Wildman–Crippen MR) is 122 cm³/mol. The van der Waals surface area contributed by atoms with Gasteiger partial charge in [-0.25, -0.2) is 4.79 Å². The van der Waals surface area contributed by atoms with Crippen molar-refractivity contribution in [3.8, 4) is 0 Å². The Bertz CT molecular complexity index is 684. The van der Waals surface area contributed by atoms with Crippen molar-refractivity contribution in [2.24, 2.45) is 0 Å². The second-order valence-corrected chi connectivity index (χ2v) is 8.39. The standard InChI is InChI=1S/C25H40O6/c1-7-20(6)24(28)31-23-21(26)16-30-25(22(23)27)29-15-14-19(5)13-9-12-18(4)11-8-10-17(2)3/h7,10,12,14,21-23,25-27H,8-9,11,13,15-16H2,1-6H3/b18-12+,19-14+,20-7-/t21-,22-,23+,25-/m1/s1. The van der Waals surface area contributed by atoms with Crippen LogP contribution in [0.2, 0.25) is 0 Å². The molecule has 0 unspecified atom stereocenters. The lowest BCUT2D eigenvalue weighted by Gasteiger charge is -2.37. The lowest BCUT2D eigenvalue weighted by molar-refractivity contribution is -0.270. The van der Waals surface area contributed by atoms with Crippen LogP contribution in [-0.2, 0) is 19.0 Å². The zero-order valence-electron chi connectivity index (χ0n) is 19.9.